The number of benzene rings is 2. The summed E-state index contributed by atoms with van der Waals surface area (Å²) in [6.07, 6.45) is 3.28. The molecule has 0 saturated carbocycles. The van der Waals surface area contributed by atoms with Gasteiger partial charge in [0.1, 0.15) is 0 Å². The Morgan fingerprint density at radius 2 is 1.79 bits per heavy atom. The number of hydrogen-bond acceptors (Lipinski definition) is 3. The highest BCUT2D eigenvalue weighted by molar-refractivity contribution is 6.39. The van der Waals surface area contributed by atoms with Gasteiger partial charge in [0.25, 0.3) is 0 Å². The number of aromatic nitrogens is 1. The van der Waals surface area contributed by atoms with Gasteiger partial charge in [0, 0.05) is 28.4 Å². The summed E-state index contributed by atoms with van der Waals surface area (Å²) < 4.78 is 0. The number of rotatable bonds is 3. The fourth-order valence-electron chi connectivity index (χ4n) is 2.24. The van der Waals surface area contributed by atoms with Gasteiger partial charge >= 0.3 is 11.8 Å². The molecule has 6 heteroatoms. The number of hydrogen-bond donors (Lipinski definition) is 3. The Hall–Kier alpha value is -3.41. The summed E-state index contributed by atoms with van der Waals surface area (Å²) in [6, 6.07) is 14.9. The molecule has 120 valence electrons. The molecule has 1 aromatic heterocycles. The second kappa shape index (κ2) is 6.78. The molecule has 0 spiro atoms. The molecule has 3 N–H and O–H groups in total. The molecule has 2 aromatic carbocycles. The van der Waals surface area contributed by atoms with Crippen LogP contribution < -0.4 is 10.7 Å². The molecule has 0 aliphatic carbocycles. The molecule has 0 aliphatic rings. The minimum atomic E-state index is -0.827. The van der Waals surface area contributed by atoms with E-state index in [1.165, 1.54) is 6.21 Å². The van der Waals surface area contributed by atoms with Crippen LogP contribution in [0.3, 0.4) is 0 Å². The lowest BCUT2D eigenvalue weighted by Gasteiger charge is -2.03. The van der Waals surface area contributed by atoms with Gasteiger partial charge in [-0.15, -0.1) is 0 Å². The fourth-order valence-corrected chi connectivity index (χ4v) is 2.24. The lowest BCUT2D eigenvalue weighted by Crippen LogP contribution is -2.32. The zero-order chi connectivity index (χ0) is 16.9. The van der Waals surface area contributed by atoms with Gasteiger partial charge in [-0.05, 0) is 25.1 Å². The monoisotopic (exact) mass is 320 g/mol. The predicted molar refractivity (Wildman–Crippen MR) is 93.8 cm³/mol. The Bertz CT molecular complexity index is 910. The molecule has 24 heavy (non-hydrogen) atoms. The van der Waals surface area contributed by atoms with Crippen LogP contribution in [0.2, 0.25) is 0 Å². The van der Waals surface area contributed by atoms with Gasteiger partial charge in [-0.25, -0.2) is 5.43 Å². The summed E-state index contributed by atoms with van der Waals surface area (Å²) in [6.45, 7) is 1.94. The van der Waals surface area contributed by atoms with Crippen molar-refractivity contribution in [2.45, 2.75) is 6.92 Å². The number of para-hydroxylation sites is 1. The normalized spacial score (nSPS) is 10.9. The van der Waals surface area contributed by atoms with Gasteiger partial charge in [-0.3, -0.25) is 9.59 Å². The number of H-pyrrole nitrogens is 1. The average Bonchev–Trinajstić information content (AvgIpc) is 3.00. The molecule has 0 radical (unpaired) electrons. The largest absolute Gasteiger partial charge is 0.361 e. The number of nitrogens with one attached hydrogen (secondary N) is 3. The summed E-state index contributed by atoms with van der Waals surface area (Å²) in [5, 5.41) is 7.33. The summed E-state index contributed by atoms with van der Waals surface area (Å²) in [7, 11) is 0. The number of aryl methyl sites for hydroxylation is 1. The number of aromatic amines is 1. The van der Waals surface area contributed by atoms with E-state index in [0.29, 0.717) is 5.69 Å². The van der Waals surface area contributed by atoms with E-state index in [-0.39, 0.29) is 0 Å². The van der Waals surface area contributed by atoms with Gasteiger partial charge in [0.15, 0.2) is 0 Å². The first-order chi connectivity index (χ1) is 11.6. The summed E-state index contributed by atoms with van der Waals surface area (Å²) in [5.74, 6) is -1.60. The number of carbonyl (C=O) groups is 2. The van der Waals surface area contributed by atoms with Crippen molar-refractivity contribution in [1.29, 1.82) is 0 Å². The van der Waals surface area contributed by atoms with Gasteiger partial charge in [0.05, 0.1) is 6.21 Å². The van der Waals surface area contributed by atoms with Crippen molar-refractivity contribution < 1.29 is 9.59 Å². The van der Waals surface area contributed by atoms with E-state index in [1.807, 2.05) is 43.3 Å². The third-order valence-corrected chi connectivity index (χ3v) is 3.51. The Labute approximate surface area is 138 Å². The lowest BCUT2D eigenvalue weighted by molar-refractivity contribution is -0.136. The number of carbonyl (C=O) groups excluding carboxylic acids is 2. The van der Waals surface area contributed by atoms with E-state index in [9.17, 15) is 9.59 Å². The van der Waals surface area contributed by atoms with Crippen molar-refractivity contribution in [2.75, 3.05) is 5.32 Å². The lowest BCUT2D eigenvalue weighted by atomic mass is 10.2. The van der Waals surface area contributed by atoms with Crippen LogP contribution in [0.1, 0.15) is 11.1 Å². The Morgan fingerprint density at radius 1 is 1.04 bits per heavy atom. The van der Waals surface area contributed by atoms with Gasteiger partial charge < -0.3 is 10.3 Å². The summed E-state index contributed by atoms with van der Waals surface area (Å²) in [4.78, 5) is 26.7. The minimum absolute atomic E-state index is 0.557. The molecule has 0 fully saturated rings. The van der Waals surface area contributed by atoms with Gasteiger partial charge in [0.2, 0.25) is 0 Å². The molecule has 6 nitrogen and oxygen atoms in total. The first kappa shape index (κ1) is 15.5. The summed E-state index contributed by atoms with van der Waals surface area (Å²) >= 11 is 0. The highest BCUT2D eigenvalue weighted by Crippen LogP contribution is 2.15. The average molecular weight is 320 g/mol. The van der Waals surface area contributed by atoms with E-state index in [2.05, 4.69) is 20.8 Å². The SMILES string of the molecule is Cc1ccc(NC(=O)C(=O)N/N=C/c2c[nH]c3ccccc23)cc1. The van der Waals surface area contributed by atoms with Crippen molar-refractivity contribution in [1.82, 2.24) is 10.4 Å². The molecule has 0 saturated heterocycles. The summed E-state index contributed by atoms with van der Waals surface area (Å²) in [5.41, 5.74) is 5.65. The van der Waals surface area contributed by atoms with Crippen LogP contribution >= 0.6 is 0 Å². The number of amides is 2. The van der Waals surface area contributed by atoms with Crippen LogP contribution in [0.15, 0.2) is 59.8 Å². The number of fused-ring (bicyclic) bond motifs is 1. The third kappa shape index (κ3) is 3.49. The number of hydrazone groups is 1. The molecule has 2 amide bonds. The maximum atomic E-state index is 11.8. The molecule has 3 rings (SSSR count). The van der Waals surface area contributed by atoms with Crippen molar-refractivity contribution in [3.05, 3.63) is 65.9 Å². The molecule has 3 aromatic rings. The number of anilines is 1. The maximum Gasteiger partial charge on any atom is 0.329 e. The molecule has 0 aliphatic heterocycles. The zero-order valence-electron chi connectivity index (χ0n) is 13.0. The first-order valence-corrected chi connectivity index (χ1v) is 7.40. The highest BCUT2D eigenvalue weighted by atomic mass is 16.2. The van der Waals surface area contributed by atoms with Crippen molar-refractivity contribution in [3.8, 4) is 0 Å². The molecule has 0 atom stereocenters. The molecular formula is C18H16N4O2. The van der Waals surface area contributed by atoms with Crippen molar-refractivity contribution in [3.63, 3.8) is 0 Å². The zero-order valence-corrected chi connectivity index (χ0v) is 13.0. The first-order valence-electron chi connectivity index (χ1n) is 7.40. The fraction of sp³-hybridized carbons (Fsp3) is 0.0556. The van der Waals surface area contributed by atoms with Crippen LogP contribution in [0, 0.1) is 6.92 Å². The highest BCUT2D eigenvalue weighted by Gasteiger charge is 2.12. The van der Waals surface area contributed by atoms with Crippen LogP contribution in [0.4, 0.5) is 5.69 Å². The van der Waals surface area contributed by atoms with E-state index in [1.54, 1.807) is 18.3 Å². The standard InChI is InChI=1S/C18H16N4O2/c1-12-6-8-14(9-7-12)21-17(23)18(24)22-20-11-13-10-19-16-5-3-2-4-15(13)16/h2-11,19H,1H3,(H,21,23)(H,22,24)/b20-11+. The molecule has 0 bridgehead atoms. The van der Waals surface area contributed by atoms with Crippen LogP contribution in [-0.2, 0) is 9.59 Å². The third-order valence-electron chi connectivity index (χ3n) is 3.51. The van der Waals surface area contributed by atoms with E-state index < -0.39 is 11.8 Å². The van der Waals surface area contributed by atoms with E-state index in [4.69, 9.17) is 0 Å². The van der Waals surface area contributed by atoms with Gasteiger partial charge in [-0.1, -0.05) is 35.9 Å². The quantitative estimate of drug-likeness (QED) is 0.393. The van der Waals surface area contributed by atoms with Crippen molar-refractivity contribution >= 4 is 34.6 Å². The van der Waals surface area contributed by atoms with Gasteiger partial charge in [-0.2, -0.15) is 5.10 Å². The minimum Gasteiger partial charge on any atom is -0.361 e. The van der Waals surface area contributed by atoms with E-state index >= 15 is 0 Å². The molecular weight excluding hydrogens is 304 g/mol. The van der Waals surface area contributed by atoms with Crippen LogP contribution in [0.5, 0.6) is 0 Å². The second-order valence-corrected chi connectivity index (χ2v) is 5.31. The second-order valence-electron chi connectivity index (χ2n) is 5.31. The topological polar surface area (TPSA) is 86.3 Å². The Morgan fingerprint density at radius 3 is 2.58 bits per heavy atom. The number of nitrogens with zero attached hydrogens (tertiary/aromatic N) is 1. The molecule has 1 heterocycles. The Balaban J connectivity index is 1.60. The predicted octanol–water partition coefficient (Wildman–Crippen LogP) is 2.57. The van der Waals surface area contributed by atoms with Crippen molar-refractivity contribution in [2.24, 2.45) is 5.10 Å². The maximum absolute atomic E-state index is 11.8. The van der Waals surface area contributed by atoms with E-state index in [0.717, 1.165) is 22.0 Å². The molecule has 0 unspecified atom stereocenters. The Kier molecular flexibility index (Phi) is 4.38. The van der Waals surface area contributed by atoms with Crippen LogP contribution in [-0.4, -0.2) is 23.0 Å². The smallest absolute Gasteiger partial charge is 0.329 e. The van der Waals surface area contributed by atoms with Crippen LogP contribution in [0.25, 0.3) is 10.9 Å².